The first-order valence-corrected chi connectivity index (χ1v) is 11.1. The Morgan fingerprint density at radius 2 is 1.70 bits per heavy atom. The lowest BCUT2D eigenvalue weighted by Gasteiger charge is -2.19. The van der Waals surface area contributed by atoms with Crippen molar-refractivity contribution in [1.82, 2.24) is 0 Å². The Morgan fingerprint density at radius 3 is 2.37 bits per heavy atom. The molecular weight excluding hydrogens is 360 g/mol. The Labute approximate surface area is 161 Å². The van der Waals surface area contributed by atoms with Crippen LogP contribution in [-0.2, 0) is 34.1 Å². The van der Waals surface area contributed by atoms with Crippen molar-refractivity contribution >= 4 is 27.3 Å². The summed E-state index contributed by atoms with van der Waals surface area (Å²) >= 11 is 0. The zero-order chi connectivity index (χ0) is 19.4. The number of anilines is 2. The van der Waals surface area contributed by atoms with Crippen LogP contribution in [0.1, 0.15) is 37.0 Å². The maximum atomic E-state index is 12.7. The van der Waals surface area contributed by atoms with E-state index >= 15 is 0 Å². The van der Waals surface area contributed by atoms with Gasteiger partial charge in [-0.3, -0.25) is 9.10 Å². The number of aryl methyl sites for hydroxylation is 2. The first-order chi connectivity index (χ1) is 13.0. The molecule has 1 N–H and O–H groups in total. The van der Waals surface area contributed by atoms with Crippen LogP contribution >= 0.6 is 0 Å². The predicted octanol–water partition coefficient (Wildman–Crippen LogP) is 3.53. The fourth-order valence-corrected chi connectivity index (χ4v) is 5.04. The summed E-state index contributed by atoms with van der Waals surface area (Å²) in [7, 11) is -3.52. The Bertz CT molecular complexity index is 916. The number of hydrogen-bond acceptors (Lipinski definition) is 3. The number of nitrogens with one attached hydrogen (secondary N) is 1. The van der Waals surface area contributed by atoms with Gasteiger partial charge in [-0.1, -0.05) is 50.2 Å². The topological polar surface area (TPSA) is 66.5 Å². The second-order valence-electron chi connectivity index (χ2n) is 6.72. The van der Waals surface area contributed by atoms with Gasteiger partial charge in [0, 0.05) is 18.7 Å². The number of benzene rings is 2. The number of carbonyl (C=O) groups is 1. The minimum atomic E-state index is -3.52. The smallest absolute Gasteiger partial charge is 0.235 e. The van der Waals surface area contributed by atoms with E-state index in [9.17, 15) is 13.2 Å². The van der Waals surface area contributed by atoms with Crippen molar-refractivity contribution in [3.63, 3.8) is 0 Å². The summed E-state index contributed by atoms with van der Waals surface area (Å²) in [6.07, 6.45) is 2.28. The van der Waals surface area contributed by atoms with E-state index in [1.54, 1.807) is 0 Å². The lowest BCUT2D eigenvalue weighted by atomic mass is 10.0. The standard InChI is InChI=1S/C21H26N2O3S/c1-3-16-9-7-10-17(4-2)21(16)22-20(24)13-15-27(25,26)23-14-12-18-8-5-6-11-19(18)23/h5-11H,3-4,12-15H2,1-2H3,(H,22,24). The molecule has 0 fully saturated rings. The normalized spacial score (nSPS) is 13.5. The molecule has 0 radical (unpaired) electrons. The van der Waals surface area contributed by atoms with Gasteiger partial charge in [0.2, 0.25) is 15.9 Å². The van der Waals surface area contributed by atoms with E-state index in [1.807, 2.05) is 56.3 Å². The quantitative estimate of drug-likeness (QED) is 0.792. The molecule has 0 saturated heterocycles. The molecule has 1 heterocycles. The second kappa shape index (κ2) is 8.13. The molecular formula is C21H26N2O3S. The second-order valence-corrected chi connectivity index (χ2v) is 8.74. The molecule has 6 heteroatoms. The molecule has 2 aromatic carbocycles. The minimum Gasteiger partial charge on any atom is -0.326 e. The highest BCUT2D eigenvalue weighted by Gasteiger charge is 2.29. The Morgan fingerprint density at radius 1 is 1.04 bits per heavy atom. The third-order valence-corrected chi connectivity index (χ3v) is 6.80. The van der Waals surface area contributed by atoms with Crippen LogP contribution in [0.2, 0.25) is 0 Å². The molecule has 0 aliphatic carbocycles. The van der Waals surface area contributed by atoms with E-state index < -0.39 is 10.0 Å². The van der Waals surface area contributed by atoms with E-state index in [0.29, 0.717) is 13.0 Å². The van der Waals surface area contributed by atoms with Gasteiger partial charge in [0.25, 0.3) is 0 Å². The van der Waals surface area contributed by atoms with Crippen LogP contribution in [0.4, 0.5) is 11.4 Å². The fourth-order valence-electron chi connectivity index (χ4n) is 3.53. The van der Waals surface area contributed by atoms with Gasteiger partial charge in [0.05, 0.1) is 11.4 Å². The van der Waals surface area contributed by atoms with Gasteiger partial charge in [-0.05, 0) is 42.0 Å². The number of amides is 1. The molecule has 1 amide bonds. The van der Waals surface area contributed by atoms with Crippen LogP contribution in [-0.4, -0.2) is 26.6 Å². The van der Waals surface area contributed by atoms with Crippen LogP contribution < -0.4 is 9.62 Å². The zero-order valence-corrected chi connectivity index (χ0v) is 16.7. The molecule has 0 atom stereocenters. The van der Waals surface area contributed by atoms with Crippen LogP contribution in [0.15, 0.2) is 42.5 Å². The molecule has 0 saturated carbocycles. The van der Waals surface area contributed by atoms with Crippen molar-refractivity contribution in [2.75, 3.05) is 21.9 Å². The SMILES string of the molecule is CCc1cccc(CC)c1NC(=O)CCS(=O)(=O)N1CCc2ccccc21. The first kappa shape index (κ1) is 19.4. The van der Waals surface area contributed by atoms with Crippen LogP contribution in [0.5, 0.6) is 0 Å². The molecule has 0 spiro atoms. The van der Waals surface area contributed by atoms with Gasteiger partial charge in [0.1, 0.15) is 0 Å². The van der Waals surface area contributed by atoms with E-state index in [0.717, 1.165) is 40.9 Å². The van der Waals surface area contributed by atoms with E-state index in [-0.39, 0.29) is 18.1 Å². The van der Waals surface area contributed by atoms with Crippen molar-refractivity contribution in [1.29, 1.82) is 0 Å². The van der Waals surface area contributed by atoms with Crippen molar-refractivity contribution in [2.45, 2.75) is 39.5 Å². The van der Waals surface area contributed by atoms with Crippen molar-refractivity contribution in [3.8, 4) is 0 Å². The molecule has 0 bridgehead atoms. The molecule has 27 heavy (non-hydrogen) atoms. The largest absolute Gasteiger partial charge is 0.326 e. The molecule has 1 aliphatic heterocycles. The number of para-hydroxylation sites is 2. The molecule has 2 aromatic rings. The molecule has 144 valence electrons. The van der Waals surface area contributed by atoms with E-state index in [2.05, 4.69) is 5.32 Å². The Balaban J connectivity index is 1.68. The number of sulfonamides is 1. The van der Waals surface area contributed by atoms with Gasteiger partial charge >= 0.3 is 0 Å². The summed E-state index contributed by atoms with van der Waals surface area (Å²) in [6, 6.07) is 13.5. The molecule has 5 nitrogen and oxygen atoms in total. The van der Waals surface area contributed by atoms with Gasteiger partial charge < -0.3 is 5.32 Å². The monoisotopic (exact) mass is 386 g/mol. The average molecular weight is 387 g/mol. The number of nitrogens with zero attached hydrogens (tertiary/aromatic N) is 1. The predicted molar refractivity (Wildman–Crippen MR) is 110 cm³/mol. The summed E-state index contributed by atoms with van der Waals surface area (Å²) < 4.78 is 26.9. The van der Waals surface area contributed by atoms with Gasteiger partial charge in [-0.25, -0.2) is 8.42 Å². The van der Waals surface area contributed by atoms with E-state index in [4.69, 9.17) is 0 Å². The first-order valence-electron chi connectivity index (χ1n) is 9.45. The maximum absolute atomic E-state index is 12.7. The molecule has 0 aromatic heterocycles. The van der Waals surface area contributed by atoms with Crippen molar-refractivity contribution in [2.24, 2.45) is 0 Å². The summed E-state index contributed by atoms with van der Waals surface area (Å²) in [6.45, 7) is 4.53. The highest BCUT2D eigenvalue weighted by atomic mass is 32.2. The van der Waals surface area contributed by atoms with Gasteiger partial charge in [-0.15, -0.1) is 0 Å². The summed E-state index contributed by atoms with van der Waals surface area (Å²) in [5, 5.41) is 2.94. The van der Waals surface area contributed by atoms with Gasteiger partial charge in [0.15, 0.2) is 0 Å². The Kier molecular flexibility index (Phi) is 5.85. The lowest BCUT2D eigenvalue weighted by molar-refractivity contribution is -0.115. The number of fused-ring (bicyclic) bond motifs is 1. The third-order valence-electron chi connectivity index (χ3n) is 5.03. The van der Waals surface area contributed by atoms with Crippen molar-refractivity contribution in [3.05, 3.63) is 59.2 Å². The van der Waals surface area contributed by atoms with Crippen LogP contribution in [0, 0.1) is 0 Å². The van der Waals surface area contributed by atoms with Crippen LogP contribution in [0.3, 0.4) is 0 Å². The lowest BCUT2D eigenvalue weighted by Crippen LogP contribution is -2.32. The van der Waals surface area contributed by atoms with E-state index in [1.165, 1.54) is 4.31 Å². The highest BCUT2D eigenvalue weighted by Crippen LogP contribution is 2.30. The number of rotatable bonds is 7. The van der Waals surface area contributed by atoms with Crippen LogP contribution in [0.25, 0.3) is 0 Å². The number of hydrogen-bond donors (Lipinski definition) is 1. The molecule has 0 unspecified atom stereocenters. The van der Waals surface area contributed by atoms with Crippen molar-refractivity contribution < 1.29 is 13.2 Å². The number of carbonyl (C=O) groups excluding carboxylic acids is 1. The average Bonchev–Trinajstić information content (AvgIpc) is 3.11. The molecule has 1 aliphatic rings. The fraction of sp³-hybridized carbons (Fsp3) is 0.381. The zero-order valence-electron chi connectivity index (χ0n) is 15.9. The highest BCUT2D eigenvalue weighted by molar-refractivity contribution is 7.92. The van der Waals surface area contributed by atoms with Gasteiger partial charge in [-0.2, -0.15) is 0 Å². The summed E-state index contributed by atoms with van der Waals surface area (Å²) in [4.78, 5) is 12.5. The summed E-state index contributed by atoms with van der Waals surface area (Å²) in [5.41, 5.74) is 4.74. The minimum absolute atomic E-state index is 0.0534. The maximum Gasteiger partial charge on any atom is 0.235 e. The molecule has 3 rings (SSSR count). The summed E-state index contributed by atoms with van der Waals surface area (Å²) in [5.74, 6) is -0.454. The Hall–Kier alpha value is -2.34. The third kappa shape index (κ3) is 4.16.